The van der Waals surface area contributed by atoms with Crippen LogP contribution in [0.25, 0.3) is 0 Å². The zero-order valence-electron chi connectivity index (χ0n) is 12.1. The molecule has 0 atom stereocenters. The van der Waals surface area contributed by atoms with Crippen LogP contribution in [0, 0.1) is 3.57 Å². The first-order valence-electron chi connectivity index (χ1n) is 6.77. The second-order valence-corrected chi connectivity index (χ2v) is 6.96. The molecule has 8 heteroatoms. The monoisotopic (exact) mass is 461 g/mol. The molecule has 23 heavy (non-hydrogen) atoms. The minimum absolute atomic E-state index is 0.618. The van der Waals surface area contributed by atoms with Crippen molar-refractivity contribution in [1.29, 1.82) is 0 Å². The summed E-state index contributed by atoms with van der Waals surface area (Å²) in [5.41, 5.74) is 2.19. The van der Waals surface area contributed by atoms with Gasteiger partial charge in [-0.25, -0.2) is 0 Å². The molecule has 2 rings (SSSR count). The van der Waals surface area contributed by atoms with E-state index in [0.717, 1.165) is 39.2 Å². The molecule has 0 spiro atoms. The van der Waals surface area contributed by atoms with Gasteiger partial charge in [0.1, 0.15) is 0 Å². The molecule has 0 radical (unpaired) electrons. The number of thiocarbonyl (C=S) groups is 1. The van der Waals surface area contributed by atoms with Gasteiger partial charge in [0, 0.05) is 20.7 Å². The van der Waals surface area contributed by atoms with Crippen LogP contribution in [-0.2, 0) is 15.7 Å². The van der Waals surface area contributed by atoms with E-state index in [1.807, 2.05) is 48.5 Å². The highest BCUT2D eigenvalue weighted by atomic mass is 127. The van der Waals surface area contributed by atoms with Gasteiger partial charge in [-0.05, 0) is 77.1 Å². The van der Waals surface area contributed by atoms with E-state index in [4.69, 9.17) is 18.1 Å². The number of rotatable bonds is 7. The van der Waals surface area contributed by atoms with Crippen LogP contribution >= 0.6 is 46.9 Å². The van der Waals surface area contributed by atoms with Gasteiger partial charge in [0.15, 0.2) is 5.11 Å². The maximum absolute atomic E-state index is 5.29. The highest BCUT2D eigenvalue weighted by Crippen LogP contribution is 2.19. The molecule has 2 aromatic rings. The van der Waals surface area contributed by atoms with Crippen LogP contribution in [0.1, 0.15) is 5.56 Å². The molecule has 0 aromatic heterocycles. The van der Waals surface area contributed by atoms with Crippen molar-refractivity contribution in [3.8, 4) is 0 Å². The van der Waals surface area contributed by atoms with Crippen LogP contribution in [0.5, 0.6) is 0 Å². The third-order valence-electron chi connectivity index (χ3n) is 2.87. The summed E-state index contributed by atoms with van der Waals surface area (Å²) in [6, 6.07) is 16.0. The summed E-state index contributed by atoms with van der Waals surface area (Å²) in [5, 5.41) is 6.99. The molecule has 0 saturated heterocycles. The number of nitrogens with one attached hydrogen (secondary N) is 2. The zero-order chi connectivity index (χ0) is 16.5. The molecule has 5 nitrogen and oxygen atoms in total. The Kier molecular flexibility index (Phi) is 8.06. The Morgan fingerprint density at radius 1 is 1.22 bits per heavy atom. The van der Waals surface area contributed by atoms with Crippen molar-refractivity contribution < 1.29 is 9.32 Å². The number of hydrogen-bond donors (Lipinski definition) is 3. The molecular weight excluding hydrogens is 445 g/mol. The van der Waals surface area contributed by atoms with Gasteiger partial charge in [-0.3, -0.25) is 0 Å². The summed E-state index contributed by atoms with van der Waals surface area (Å²) in [4.78, 5) is 4.97. The van der Waals surface area contributed by atoms with Crippen LogP contribution < -0.4 is 16.5 Å². The molecule has 2 aromatic carbocycles. The predicted octanol–water partition coefficient (Wildman–Crippen LogP) is 3.65. The maximum Gasteiger partial charge on any atom is 0.170 e. The van der Waals surface area contributed by atoms with Gasteiger partial charge in [-0.1, -0.05) is 18.2 Å². The first-order valence-corrected chi connectivity index (χ1v) is 8.99. The molecule has 4 N–H and O–H groups in total. The number of anilines is 1. The van der Waals surface area contributed by atoms with Crippen molar-refractivity contribution >= 4 is 57.7 Å². The largest absolute Gasteiger partial charge is 0.362 e. The van der Waals surface area contributed by atoms with E-state index < -0.39 is 0 Å². The van der Waals surface area contributed by atoms with Crippen LogP contribution in [0.3, 0.4) is 0 Å². The van der Waals surface area contributed by atoms with Crippen molar-refractivity contribution in [1.82, 2.24) is 5.32 Å². The minimum atomic E-state index is 0.618. The van der Waals surface area contributed by atoms with E-state index in [1.165, 1.54) is 5.56 Å². The van der Waals surface area contributed by atoms with Crippen LogP contribution in [0.2, 0.25) is 0 Å². The molecule has 0 aliphatic heterocycles. The Balaban J connectivity index is 1.72. The third kappa shape index (κ3) is 7.02. The maximum atomic E-state index is 5.29. The molecule has 0 aliphatic rings. The molecule has 0 bridgehead atoms. The lowest BCUT2D eigenvalue weighted by molar-refractivity contribution is -0.195. The number of hydrogen-bond acceptors (Lipinski definition) is 5. The molecule has 0 fully saturated rings. The second kappa shape index (κ2) is 10.1. The van der Waals surface area contributed by atoms with Crippen molar-refractivity contribution in [3.63, 3.8) is 0 Å². The molecule has 0 saturated carbocycles. The fourth-order valence-corrected chi connectivity index (χ4v) is 2.96. The average molecular weight is 461 g/mol. The van der Waals surface area contributed by atoms with Gasteiger partial charge < -0.3 is 10.6 Å². The smallest absolute Gasteiger partial charge is 0.170 e. The van der Waals surface area contributed by atoms with E-state index in [-0.39, 0.29) is 0 Å². The zero-order valence-corrected chi connectivity index (χ0v) is 15.9. The SMILES string of the molecule is NOOSc1ccc(CCNC(=S)Nc2cccc(I)c2)cc1. The van der Waals surface area contributed by atoms with Crippen molar-refractivity contribution in [3.05, 3.63) is 57.7 Å². The summed E-state index contributed by atoms with van der Waals surface area (Å²) in [7, 11) is 0. The van der Waals surface area contributed by atoms with E-state index in [2.05, 4.69) is 42.5 Å². The van der Waals surface area contributed by atoms with E-state index >= 15 is 0 Å². The Hall–Kier alpha value is -0.910. The van der Waals surface area contributed by atoms with Crippen molar-refractivity contribution in [2.45, 2.75) is 11.3 Å². The normalized spacial score (nSPS) is 10.3. The third-order valence-corrected chi connectivity index (χ3v) is 4.40. The van der Waals surface area contributed by atoms with Crippen LogP contribution in [0.4, 0.5) is 5.69 Å². The molecular formula is C15H16IN3O2S2. The molecule has 0 aliphatic carbocycles. The topological polar surface area (TPSA) is 68.5 Å². The van der Waals surface area contributed by atoms with Gasteiger partial charge in [0.2, 0.25) is 0 Å². The Labute approximate surface area is 158 Å². The molecule has 0 heterocycles. The fourth-order valence-electron chi connectivity index (χ4n) is 1.83. The van der Waals surface area contributed by atoms with E-state index in [1.54, 1.807) is 0 Å². The summed E-state index contributed by atoms with van der Waals surface area (Å²) in [6.45, 7) is 0.755. The Morgan fingerprint density at radius 3 is 2.70 bits per heavy atom. The Bertz CT molecular complexity index is 641. The molecule has 0 amide bonds. The van der Waals surface area contributed by atoms with Gasteiger partial charge in [0.25, 0.3) is 0 Å². The fraction of sp³-hybridized carbons (Fsp3) is 0.133. The molecule has 0 unspecified atom stereocenters. The number of nitrogens with two attached hydrogens (primary N) is 1. The van der Waals surface area contributed by atoms with Gasteiger partial charge in [0.05, 0.1) is 12.0 Å². The minimum Gasteiger partial charge on any atom is -0.362 e. The van der Waals surface area contributed by atoms with Gasteiger partial charge in [-0.2, -0.15) is 5.90 Å². The number of halogens is 1. The van der Waals surface area contributed by atoms with Crippen molar-refractivity contribution in [2.75, 3.05) is 11.9 Å². The van der Waals surface area contributed by atoms with E-state index in [0.29, 0.717) is 5.11 Å². The summed E-state index contributed by atoms with van der Waals surface area (Å²) < 4.78 is 5.76. The predicted molar refractivity (Wildman–Crippen MR) is 106 cm³/mol. The van der Waals surface area contributed by atoms with Gasteiger partial charge in [-0.15, -0.1) is 9.32 Å². The van der Waals surface area contributed by atoms with Crippen molar-refractivity contribution in [2.24, 2.45) is 5.90 Å². The summed E-state index contributed by atoms with van der Waals surface area (Å²) >= 11 is 8.63. The highest BCUT2D eigenvalue weighted by molar-refractivity contribution is 14.1. The second-order valence-electron chi connectivity index (χ2n) is 4.53. The quantitative estimate of drug-likeness (QED) is 0.191. The lowest BCUT2D eigenvalue weighted by Gasteiger charge is -2.11. The first-order chi connectivity index (χ1) is 11.2. The summed E-state index contributed by atoms with van der Waals surface area (Å²) in [6.07, 6.45) is 0.868. The van der Waals surface area contributed by atoms with Crippen LogP contribution in [-0.4, -0.2) is 11.7 Å². The van der Waals surface area contributed by atoms with Gasteiger partial charge >= 0.3 is 0 Å². The average Bonchev–Trinajstić information content (AvgIpc) is 2.54. The molecule has 122 valence electrons. The standard InChI is InChI=1S/C15H16IN3O2S2/c16-12-2-1-3-13(10-12)19-15(22)18-9-8-11-4-6-14(7-5-11)23-21-20-17/h1-7,10H,8-9,17H2,(H2,18,19,22). The Morgan fingerprint density at radius 2 is 2.00 bits per heavy atom. The highest BCUT2D eigenvalue weighted by Gasteiger charge is 2.00. The first kappa shape index (κ1) is 18.4. The van der Waals surface area contributed by atoms with E-state index in [9.17, 15) is 0 Å². The van der Waals surface area contributed by atoms with Crippen LogP contribution in [0.15, 0.2) is 53.4 Å². The summed E-state index contributed by atoms with van der Waals surface area (Å²) in [5.74, 6) is 4.79. The lowest BCUT2D eigenvalue weighted by atomic mass is 10.1. The lowest BCUT2D eigenvalue weighted by Crippen LogP contribution is -2.30. The number of benzene rings is 2.